The van der Waals surface area contributed by atoms with Gasteiger partial charge in [-0.2, -0.15) is 0 Å². The molecule has 0 aliphatic carbocycles. The van der Waals surface area contributed by atoms with Crippen LogP contribution < -0.4 is 4.90 Å². The van der Waals surface area contributed by atoms with Crippen LogP contribution in [0.25, 0.3) is 0 Å². The molecule has 0 N–H and O–H groups in total. The number of anilines is 1. The van der Waals surface area contributed by atoms with Crippen molar-refractivity contribution < 1.29 is 14.5 Å². The molecule has 1 atom stereocenters. The van der Waals surface area contributed by atoms with Crippen molar-refractivity contribution in [2.45, 2.75) is 16.6 Å². The third kappa shape index (κ3) is 3.09. The second-order valence-electron chi connectivity index (χ2n) is 4.96. The average Bonchev–Trinajstić information content (AvgIpc) is 2.82. The third-order valence-corrected chi connectivity index (χ3v) is 4.64. The quantitative estimate of drug-likeness (QED) is 0.489. The molecule has 2 aromatic rings. The molecule has 2 amide bonds. The fourth-order valence-corrected chi connectivity index (χ4v) is 3.41. The number of nitro groups is 1. The minimum absolute atomic E-state index is 0.00548. The second-order valence-corrected chi connectivity index (χ2v) is 6.24. The molecule has 2 aromatic carbocycles. The molecule has 1 saturated heterocycles. The molecule has 23 heavy (non-hydrogen) atoms. The number of para-hydroxylation sites is 1. The lowest BCUT2D eigenvalue weighted by atomic mass is 10.3. The molecule has 0 spiro atoms. The summed E-state index contributed by atoms with van der Waals surface area (Å²) in [5, 5.41) is 10.1. The van der Waals surface area contributed by atoms with Crippen LogP contribution in [0.15, 0.2) is 59.5 Å². The number of thioether (sulfide) groups is 1. The van der Waals surface area contributed by atoms with Crippen molar-refractivity contribution >= 4 is 35.0 Å². The van der Waals surface area contributed by atoms with Crippen molar-refractivity contribution in [3.05, 3.63) is 64.7 Å². The number of imide groups is 1. The largest absolute Gasteiger partial charge is 0.274 e. The Morgan fingerprint density at radius 1 is 1.04 bits per heavy atom. The Labute approximate surface area is 136 Å². The van der Waals surface area contributed by atoms with Crippen LogP contribution in [0, 0.1) is 10.1 Å². The molecular formula is C16H12N2O4S. The number of nitro benzene ring substituents is 1. The lowest BCUT2D eigenvalue weighted by Gasteiger charge is -2.14. The molecular weight excluding hydrogens is 316 g/mol. The van der Waals surface area contributed by atoms with Crippen LogP contribution in [-0.4, -0.2) is 22.0 Å². The molecule has 0 saturated carbocycles. The molecule has 1 heterocycles. The van der Waals surface area contributed by atoms with Crippen LogP contribution in [0.3, 0.4) is 0 Å². The summed E-state index contributed by atoms with van der Waals surface area (Å²) in [7, 11) is 0. The number of hydrogen-bond acceptors (Lipinski definition) is 5. The normalized spacial score (nSPS) is 17.6. The summed E-state index contributed by atoms with van der Waals surface area (Å²) in [6.45, 7) is 0. The highest BCUT2D eigenvalue weighted by molar-refractivity contribution is 8.00. The summed E-state index contributed by atoms with van der Waals surface area (Å²) in [5.74, 6) is -0.495. The van der Waals surface area contributed by atoms with Crippen LogP contribution in [0.1, 0.15) is 6.42 Å². The predicted molar refractivity (Wildman–Crippen MR) is 86.3 cm³/mol. The van der Waals surface area contributed by atoms with Gasteiger partial charge in [0.2, 0.25) is 11.8 Å². The van der Waals surface area contributed by atoms with Crippen molar-refractivity contribution in [2.75, 3.05) is 4.90 Å². The summed E-state index contributed by atoms with van der Waals surface area (Å²) in [5.41, 5.74) is 0.559. The van der Waals surface area contributed by atoms with Gasteiger partial charge < -0.3 is 0 Å². The van der Waals surface area contributed by atoms with E-state index in [1.165, 1.54) is 28.8 Å². The van der Waals surface area contributed by atoms with E-state index in [1.54, 1.807) is 36.4 Å². The maximum absolute atomic E-state index is 12.5. The molecule has 1 fully saturated rings. The zero-order valence-electron chi connectivity index (χ0n) is 11.9. The third-order valence-electron chi connectivity index (χ3n) is 3.45. The number of hydrogen-bond donors (Lipinski definition) is 0. The topological polar surface area (TPSA) is 80.5 Å². The van der Waals surface area contributed by atoms with Gasteiger partial charge in [-0.15, -0.1) is 11.8 Å². The van der Waals surface area contributed by atoms with Crippen LogP contribution in [0.2, 0.25) is 0 Å². The van der Waals surface area contributed by atoms with E-state index in [1.807, 2.05) is 6.07 Å². The van der Waals surface area contributed by atoms with E-state index in [9.17, 15) is 19.7 Å². The van der Waals surface area contributed by atoms with Crippen molar-refractivity contribution in [1.82, 2.24) is 0 Å². The van der Waals surface area contributed by atoms with Crippen LogP contribution in [0.4, 0.5) is 11.4 Å². The van der Waals surface area contributed by atoms with Gasteiger partial charge in [0.1, 0.15) is 0 Å². The molecule has 7 heteroatoms. The first-order valence-electron chi connectivity index (χ1n) is 6.89. The molecule has 1 aliphatic heterocycles. The number of nitrogens with zero attached hydrogens (tertiary/aromatic N) is 2. The van der Waals surface area contributed by atoms with Gasteiger partial charge in [-0.3, -0.25) is 19.7 Å². The molecule has 0 unspecified atom stereocenters. The van der Waals surface area contributed by atoms with Crippen LogP contribution >= 0.6 is 11.8 Å². The molecule has 3 rings (SSSR count). The van der Waals surface area contributed by atoms with Gasteiger partial charge in [0.15, 0.2) is 0 Å². The number of rotatable bonds is 4. The first kappa shape index (κ1) is 15.2. The van der Waals surface area contributed by atoms with Crippen LogP contribution in [-0.2, 0) is 9.59 Å². The van der Waals surface area contributed by atoms with E-state index in [-0.39, 0.29) is 23.9 Å². The summed E-state index contributed by atoms with van der Waals surface area (Å²) in [6, 6.07) is 14.7. The van der Waals surface area contributed by atoms with E-state index in [0.29, 0.717) is 5.69 Å². The minimum atomic E-state index is -0.510. The molecule has 0 bridgehead atoms. The molecule has 116 valence electrons. The number of non-ortho nitro benzene ring substituents is 1. The standard InChI is InChI=1S/C16H12N2O4S/c19-15-10-14(16(20)17(15)11-4-2-1-3-5-11)23-13-8-6-12(7-9-13)18(21)22/h1-9,14H,10H2/t14-/m1/s1. The Morgan fingerprint density at radius 2 is 1.70 bits per heavy atom. The SMILES string of the molecule is O=C1C[C@@H](Sc2ccc([N+](=O)[O-])cc2)C(=O)N1c1ccccc1. The van der Waals surface area contributed by atoms with Crippen molar-refractivity contribution in [3.63, 3.8) is 0 Å². The molecule has 1 aliphatic rings. The predicted octanol–water partition coefficient (Wildman–Crippen LogP) is 3.02. The van der Waals surface area contributed by atoms with Gasteiger partial charge in [0, 0.05) is 23.4 Å². The first-order valence-corrected chi connectivity index (χ1v) is 7.77. The average molecular weight is 328 g/mol. The van der Waals surface area contributed by atoms with Gasteiger partial charge in [-0.25, -0.2) is 4.90 Å². The highest BCUT2D eigenvalue weighted by Crippen LogP contribution is 2.34. The zero-order valence-corrected chi connectivity index (χ0v) is 12.7. The van der Waals surface area contributed by atoms with Gasteiger partial charge >= 0.3 is 0 Å². The Balaban J connectivity index is 1.76. The van der Waals surface area contributed by atoms with E-state index in [2.05, 4.69) is 0 Å². The van der Waals surface area contributed by atoms with Gasteiger partial charge in [0.25, 0.3) is 5.69 Å². The Kier molecular flexibility index (Phi) is 4.12. The number of carbonyl (C=O) groups is 2. The monoisotopic (exact) mass is 328 g/mol. The highest BCUT2D eigenvalue weighted by Gasteiger charge is 2.40. The smallest absolute Gasteiger partial charge is 0.269 e. The lowest BCUT2D eigenvalue weighted by molar-refractivity contribution is -0.384. The van der Waals surface area contributed by atoms with E-state index in [4.69, 9.17) is 0 Å². The Hall–Kier alpha value is -2.67. The lowest BCUT2D eigenvalue weighted by Crippen LogP contribution is -2.30. The summed E-state index contributed by atoms with van der Waals surface area (Å²) >= 11 is 1.25. The van der Waals surface area contributed by atoms with Crippen molar-refractivity contribution in [3.8, 4) is 0 Å². The van der Waals surface area contributed by atoms with Crippen molar-refractivity contribution in [1.29, 1.82) is 0 Å². The zero-order chi connectivity index (χ0) is 16.4. The fraction of sp³-hybridized carbons (Fsp3) is 0.125. The number of carbonyl (C=O) groups excluding carboxylic acids is 2. The van der Waals surface area contributed by atoms with Crippen LogP contribution in [0.5, 0.6) is 0 Å². The maximum Gasteiger partial charge on any atom is 0.269 e. The maximum atomic E-state index is 12.5. The summed E-state index contributed by atoms with van der Waals surface area (Å²) < 4.78 is 0. The van der Waals surface area contributed by atoms with Gasteiger partial charge in [-0.05, 0) is 24.3 Å². The minimum Gasteiger partial charge on any atom is -0.274 e. The fourth-order valence-electron chi connectivity index (χ4n) is 2.36. The van der Waals surface area contributed by atoms with E-state index in [0.717, 1.165) is 4.90 Å². The summed E-state index contributed by atoms with van der Waals surface area (Å²) in [6.07, 6.45) is 0.120. The van der Waals surface area contributed by atoms with Gasteiger partial charge in [0.05, 0.1) is 15.9 Å². The van der Waals surface area contributed by atoms with E-state index < -0.39 is 10.2 Å². The molecule has 6 nitrogen and oxygen atoms in total. The Bertz CT molecular complexity index is 761. The first-order chi connectivity index (χ1) is 11.1. The molecule has 0 aromatic heterocycles. The second kappa shape index (κ2) is 6.21. The number of benzene rings is 2. The molecule has 0 radical (unpaired) electrons. The Morgan fingerprint density at radius 3 is 2.30 bits per heavy atom. The highest BCUT2D eigenvalue weighted by atomic mass is 32.2. The van der Waals surface area contributed by atoms with E-state index >= 15 is 0 Å². The van der Waals surface area contributed by atoms with Crippen molar-refractivity contribution in [2.24, 2.45) is 0 Å². The number of amides is 2. The van der Waals surface area contributed by atoms with Gasteiger partial charge in [-0.1, -0.05) is 18.2 Å². The summed E-state index contributed by atoms with van der Waals surface area (Å²) in [4.78, 5) is 36.7.